The molecule has 0 aliphatic rings. The Morgan fingerprint density at radius 2 is 1.94 bits per heavy atom. The molecule has 7 nitrogen and oxygen atoms in total. The fourth-order valence-corrected chi connectivity index (χ4v) is 3.51. The van der Waals surface area contributed by atoms with E-state index in [1.54, 1.807) is 7.11 Å². The predicted molar refractivity (Wildman–Crippen MR) is 144 cm³/mol. The Kier molecular flexibility index (Phi) is 13.5. The largest absolute Gasteiger partial charge is 0.383 e. The Morgan fingerprint density at radius 3 is 2.59 bits per heavy atom. The molecule has 2 N–H and O–H groups in total. The van der Waals surface area contributed by atoms with Crippen molar-refractivity contribution in [3.8, 4) is 0 Å². The first kappa shape index (κ1) is 28.4. The number of rotatable bonds is 12. The summed E-state index contributed by atoms with van der Waals surface area (Å²) in [6.45, 7) is 13.2. The SMILES string of the molecule is CCNC(=NCc1c(C)nn(CCOC)c1C)NCCC(C)N(C)Cc1ccccc1.I. The van der Waals surface area contributed by atoms with Gasteiger partial charge in [0.1, 0.15) is 0 Å². The molecule has 0 radical (unpaired) electrons. The number of hydrogen-bond acceptors (Lipinski definition) is 4. The number of aromatic nitrogens is 2. The number of hydrogen-bond donors (Lipinski definition) is 2. The van der Waals surface area contributed by atoms with Crippen LogP contribution in [0.1, 0.15) is 42.8 Å². The van der Waals surface area contributed by atoms with Gasteiger partial charge < -0.3 is 15.4 Å². The molecule has 0 saturated carbocycles. The topological polar surface area (TPSA) is 66.7 Å². The first-order valence-corrected chi connectivity index (χ1v) is 11.2. The maximum atomic E-state index is 5.18. The minimum Gasteiger partial charge on any atom is -0.383 e. The Bertz CT molecular complexity index is 808. The van der Waals surface area contributed by atoms with E-state index in [-0.39, 0.29) is 24.0 Å². The Balaban J connectivity index is 0.00000512. The van der Waals surface area contributed by atoms with E-state index >= 15 is 0 Å². The van der Waals surface area contributed by atoms with Gasteiger partial charge in [-0.3, -0.25) is 9.58 Å². The summed E-state index contributed by atoms with van der Waals surface area (Å²) in [6.07, 6.45) is 1.04. The van der Waals surface area contributed by atoms with Gasteiger partial charge in [0.25, 0.3) is 0 Å². The van der Waals surface area contributed by atoms with E-state index in [9.17, 15) is 0 Å². The van der Waals surface area contributed by atoms with Gasteiger partial charge in [0.05, 0.1) is 25.4 Å². The van der Waals surface area contributed by atoms with E-state index in [0.717, 1.165) is 49.9 Å². The first-order chi connectivity index (χ1) is 15.0. The van der Waals surface area contributed by atoms with Crippen LogP contribution in [0.4, 0.5) is 0 Å². The third-order valence-corrected chi connectivity index (χ3v) is 5.66. The van der Waals surface area contributed by atoms with Gasteiger partial charge >= 0.3 is 0 Å². The zero-order valence-corrected chi connectivity index (χ0v) is 22.8. The number of halogens is 1. The molecule has 1 aromatic heterocycles. The van der Waals surface area contributed by atoms with Gasteiger partial charge in [-0.2, -0.15) is 5.10 Å². The summed E-state index contributed by atoms with van der Waals surface area (Å²) >= 11 is 0. The molecule has 0 spiro atoms. The highest BCUT2D eigenvalue weighted by Crippen LogP contribution is 2.14. The molecule has 0 fully saturated rings. The van der Waals surface area contributed by atoms with Crippen molar-refractivity contribution in [2.45, 2.75) is 59.8 Å². The maximum Gasteiger partial charge on any atom is 0.191 e. The molecule has 2 rings (SSSR count). The number of nitrogens with zero attached hydrogens (tertiary/aromatic N) is 4. The van der Waals surface area contributed by atoms with Crippen molar-refractivity contribution in [3.63, 3.8) is 0 Å². The fraction of sp³-hybridized carbons (Fsp3) is 0.583. The fourth-order valence-electron chi connectivity index (χ4n) is 3.51. The van der Waals surface area contributed by atoms with Crippen LogP contribution in [0.3, 0.4) is 0 Å². The van der Waals surface area contributed by atoms with Crippen LogP contribution in [0.25, 0.3) is 0 Å². The number of benzene rings is 1. The van der Waals surface area contributed by atoms with E-state index in [1.165, 1.54) is 11.1 Å². The highest BCUT2D eigenvalue weighted by molar-refractivity contribution is 14.0. The summed E-state index contributed by atoms with van der Waals surface area (Å²) < 4.78 is 7.19. The summed E-state index contributed by atoms with van der Waals surface area (Å²) in [4.78, 5) is 7.20. The average Bonchev–Trinajstić information content (AvgIpc) is 3.03. The number of aliphatic imine (C=N–C) groups is 1. The molecule has 1 unspecified atom stereocenters. The second-order valence-electron chi connectivity index (χ2n) is 8.03. The van der Waals surface area contributed by atoms with Gasteiger partial charge in [0.2, 0.25) is 0 Å². The quantitative estimate of drug-likeness (QED) is 0.237. The van der Waals surface area contributed by atoms with E-state index in [0.29, 0.717) is 19.2 Å². The predicted octanol–water partition coefficient (Wildman–Crippen LogP) is 3.73. The van der Waals surface area contributed by atoms with E-state index in [1.807, 2.05) is 11.6 Å². The Labute approximate surface area is 211 Å². The molecule has 0 bridgehead atoms. The van der Waals surface area contributed by atoms with Crippen molar-refractivity contribution >= 4 is 29.9 Å². The number of methoxy groups -OCH3 is 1. The summed E-state index contributed by atoms with van der Waals surface area (Å²) in [6, 6.07) is 11.1. The molecule has 0 saturated heterocycles. The molecular weight excluding hydrogens is 515 g/mol. The molecule has 1 heterocycles. The lowest BCUT2D eigenvalue weighted by Gasteiger charge is -2.25. The van der Waals surface area contributed by atoms with Gasteiger partial charge in [0, 0.05) is 44.0 Å². The molecule has 1 aromatic carbocycles. The van der Waals surface area contributed by atoms with Crippen molar-refractivity contribution in [3.05, 3.63) is 52.8 Å². The van der Waals surface area contributed by atoms with Crippen molar-refractivity contribution in [2.75, 3.05) is 33.9 Å². The van der Waals surface area contributed by atoms with Crippen LogP contribution in [0, 0.1) is 13.8 Å². The molecule has 2 aromatic rings. The van der Waals surface area contributed by atoms with Crippen LogP contribution in [0.2, 0.25) is 0 Å². The Hall–Kier alpha value is -1.65. The minimum atomic E-state index is 0. The average molecular weight is 557 g/mol. The van der Waals surface area contributed by atoms with Gasteiger partial charge in [-0.1, -0.05) is 30.3 Å². The second-order valence-corrected chi connectivity index (χ2v) is 8.03. The number of nitrogens with one attached hydrogen (secondary N) is 2. The second kappa shape index (κ2) is 15.2. The highest BCUT2D eigenvalue weighted by atomic mass is 127. The van der Waals surface area contributed by atoms with Gasteiger partial charge in [0.15, 0.2) is 5.96 Å². The lowest BCUT2D eigenvalue weighted by molar-refractivity contribution is 0.182. The van der Waals surface area contributed by atoms with Crippen molar-refractivity contribution < 1.29 is 4.74 Å². The maximum absolute atomic E-state index is 5.18. The van der Waals surface area contributed by atoms with Crippen LogP contribution >= 0.6 is 24.0 Å². The normalized spacial score (nSPS) is 12.5. The summed E-state index contributed by atoms with van der Waals surface area (Å²) in [5.74, 6) is 0.851. The van der Waals surface area contributed by atoms with Crippen LogP contribution in [-0.4, -0.2) is 60.5 Å². The first-order valence-electron chi connectivity index (χ1n) is 11.2. The molecule has 180 valence electrons. The van der Waals surface area contributed by atoms with Crippen LogP contribution in [0.15, 0.2) is 35.3 Å². The minimum absolute atomic E-state index is 0. The third kappa shape index (κ3) is 9.07. The zero-order valence-electron chi connectivity index (χ0n) is 20.5. The standard InChI is InChI=1S/C24H40N6O.HI/c1-7-25-24(27-17-23-20(3)28-30(21(23)4)15-16-31-6)26-14-13-19(2)29(5)18-22-11-9-8-10-12-22;/h8-12,19H,7,13-18H2,1-6H3,(H2,25,26,27);1H. The zero-order chi connectivity index (χ0) is 22.6. The smallest absolute Gasteiger partial charge is 0.191 e. The van der Waals surface area contributed by atoms with E-state index in [4.69, 9.17) is 9.73 Å². The van der Waals surface area contributed by atoms with Crippen molar-refractivity contribution in [2.24, 2.45) is 4.99 Å². The van der Waals surface area contributed by atoms with Crippen molar-refractivity contribution in [1.29, 1.82) is 0 Å². The third-order valence-electron chi connectivity index (χ3n) is 5.66. The van der Waals surface area contributed by atoms with Gasteiger partial charge in [-0.25, -0.2) is 4.99 Å². The molecule has 1 atom stereocenters. The van der Waals surface area contributed by atoms with Crippen LogP contribution < -0.4 is 10.6 Å². The summed E-state index contributed by atoms with van der Waals surface area (Å²) in [5, 5.41) is 11.5. The monoisotopic (exact) mass is 556 g/mol. The molecule has 0 aliphatic carbocycles. The molecule has 0 amide bonds. The molecule has 0 aliphatic heterocycles. The highest BCUT2D eigenvalue weighted by Gasteiger charge is 2.12. The number of ether oxygens (including phenoxy) is 1. The van der Waals surface area contributed by atoms with Crippen LogP contribution in [0.5, 0.6) is 0 Å². The van der Waals surface area contributed by atoms with Gasteiger partial charge in [-0.15, -0.1) is 24.0 Å². The summed E-state index contributed by atoms with van der Waals surface area (Å²) in [7, 11) is 3.90. The molecule has 32 heavy (non-hydrogen) atoms. The van der Waals surface area contributed by atoms with E-state index in [2.05, 4.69) is 78.8 Å². The Morgan fingerprint density at radius 1 is 1.22 bits per heavy atom. The number of aryl methyl sites for hydroxylation is 1. The summed E-state index contributed by atoms with van der Waals surface area (Å²) in [5.41, 5.74) is 4.72. The van der Waals surface area contributed by atoms with E-state index < -0.39 is 0 Å². The molecular formula is C24H41IN6O. The van der Waals surface area contributed by atoms with Crippen molar-refractivity contribution in [1.82, 2.24) is 25.3 Å². The van der Waals surface area contributed by atoms with Gasteiger partial charge in [-0.05, 0) is 46.7 Å². The lowest BCUT2D eigenvalue weighted by atomic mass is 10.1. The van der Waals surface area contributed by atoms with Crippen LogP contribution in [-0.2, 0) is 24.4 Å². The molecule has 8 heteroatoms. The number of guanidine groups is 1. The lowest BCUT2D eigenvalue weighted by Crippen LogP contribution is -2.40.